The van der Waals surface area contributed by atoms with Gasteiger partial charge in [0.1, 0.15) is 5.76 Å². The van der Waals surface area contributed by atoms with Crippen molar-refractivity contribution in [3.05, 3.63) is 54.4 Å². The highest BCUT2D eigenvalue weighted by Crippen LogP contribution is 2.08. The van der Waals surface area contributed by atoms with Crippen LogP contribution < -0.4 is 0 Å². The standard InChI is InChI=1S/C15H17NO4/c1-18-10-7-16(11-13-6-9-19-12-13)15(17)5-4-14-3-2-8-20-14/h2-6,8-9,12H,7,10-11H2,1H3. The fourth-order valence-electron chi connectivity index (χ4n) is 1.72. The third-order valence-electron chi connectivity index (χ3n) is 2.76. The van der Waals surface area contributed by atoms with Crippen LogP contribution in [0.5, 0.6) is 0 Å². The van der Waals surface area contributed by atoms with Crippen LogP contribution in [0, 0.1) is 0 Å². The van der Waals surface area contributed by atoms with Gasteiger partial charge in [-0.05, 0) is 24.3 Å². The minimum atomic E-state index is -0.0975. The fraction of sp³-hybridized carbons (Fsp3) is 0.267. The first-order valence-corrected chi connectivity index (χ1v) is 6.30. The second kappa shape index (κ2) is 7.35. The van der Waals surface area contributed by atoms with Gasteiger partial charge in [-0.15, -0.1) is 0 Å². The normalized spacial score (nSPS) is 11.1. The Bertz CT molecular complexity index is 528. The van der Waals surface area contributed by atoms with E-state index in [-0.39, 0.29) is 5.91 Å². The summed E-state index contributed by atoms with van der Waals surface area (Å²) >= 11 is 0. The maximum Gasteiger partial charge on any atom is 0.247 e. The van der Waals surface area contributed by atoms with Gasteiger partial charge in [-0.3, -0.25) is 4.79 Å². The van der Waals surface area contributed by atoms with Crippen molar-refractivity contribution in [2.75, 3.05) is 20.3 Å². The molecule has 1 amide bonds. The van der Waals surface area contributed by atoms with Crippen LogP contribution in [0.25, 0.3) is 6.08 Å². The summed E-state index contributed by atoms with van der Waals surface area (Å²) in [6.45, 7) is 1.49. The Morgan fingerprint density at radius 3 is 2.95 bits per heavy atom. The Balaban J connectivity index is 1.99. The third-order valence-corrected chi connectivity index (χ3v) is 2.76. The van der Waals surface area contributed by atoms with Crippen molar-refractivity contribution in [3.63, 3.8) is 0 Å². The number of carbonyl (C=O) groups is 1. The van der Waals surface area contributed by atoms with Crippen LogP contribution in [0.4, 0.5) is 0 Å². The molecular formula is C15H17NO4. The topological polar surface area (TPSA) is 55.8 Å². The Morgan fingerprint density at radius 2 is 2.30 bits per heavy atom. The van der Waals surface area contributed by atoms with Gasteiger partial charge >= 0.3 is 0 Å². The smallest absolute Gasteiger partial charge is 0.247 e. The summed E-state index contributed by atoms with van der Waals surface area (Å²) in [5.41, 5.74) is 0.945. The number of methoxy groups -OCH3 is 1. The first-order valence-electron chi connectivity index (χ1n) is 6.30. The fourth-order valence-corrected chi connectivity index (χ4v) is 1.72. The van der Waals surface area contributed by atoms with E-state index in [1.807, 2.05) is 6.07 Å². The summed E-state index contributed by atoms with van der Waals surface area (Å²) in [5, 5.41) is 0. The maximum atomic E-state index is 12.2. The van der Waals surface area contributed by atoms with Gasteiger partial charge in [0.05, 0.1) is 25.4 Å². The van der Waals surface area contributed by atoms with Crippen molar-refractivity contribution in [2.45, 2.75) is 6.54 Å². The number of amides is 1. The van der Waals surface area contributed by atoms with E-state index in [2.05, 4.69) is 0 Å². The largest absolute Gasteiger partial charge is 0.472 e. The molecule has 0 bridgehead atoms. The number of rotatable bonds is 7. The number of hydrogen-bond donors (Lipinski definition) is 0. The van der Waals surface area contributed by atoms with Gasteiger partial charge in [0, 0.05) is 31.8 Å². The number of furan rings is 2. The van der Waals surface area contributed by atoms with E-state index >= 15 is 0 Å². The summed E-state index contributed by atoms with van der Waals surface area (Å²) < 4.78 is 15.2. The van der Waals surface area contributed by atoms with Crippen molar-refractivity contribution in [1.82, 2.24) is 4.90 Å². The average Bonchev–Trinajstić information content (AvgIpc) is 3.13. The Morgan fingerprint density at radius 1 is 1.40 bits per heavy atom. The van der Waals surface area contributed by atoms with Gasteiger partial charge in [0.15, 0.2) is 0 Å². The summed E-state index contributed by atoms with van der Waals surface area (Å²) in [5.74, 6) is 0.549. The van der Waals surface area contributed by atoms with Crippen LogP contribution >= 0.6 is 0 Å². The second-order valence-corrected chi connectivity index (χ2v) is 4.23. The van der Waals surface area contributed by atoms with Crippen LogP contribution in [0.2, 0.25) is 0 Å². The quantitative estimate of drug-likeness (QED) is 0.729. The molecule has 2 heterocycles. The average molecular weight is 275 g/mol. The molecule has 2 aromatic heterocycles. The Labute approximate surface area is 117 Å². The van der Waals surface area contributed by atoms with Crippen LogP contribution in [0.15, 0.2) is 51.9 Å². The number of carbonyl (C=O) groups excluding carboxylic acids is 1. The van der Waals surface area contributed by atoms with Gasteiger partial charge in [-0.1, -0.05) is 0 Å². The second-order valence-electron chi connectivity index (χ2n) is 4.23. The summed E-state index contributed by atoms with van der Waals surface area (Å²) in [7, 11) is 1.61. The molecule has 2 aromatic rings. The molecule has 5 nitrogen and oxygen atoms in total. The van der Waals surface area contributed by atoms with E-state index in [1.54, 1.807) is 49.0 Å². The van der Waals surface area contributed by atoms with E-state index in [0.29, 0.717) is 25.5 Å². The van der Waals surface area contributed by atoms with E-state index in [1.165, 1.54) is 6.08 Å². The highest BCUT2D eigenvalue weighted by atomic mass is 16.5. The van der Waals surface area contributed by atoms with Crippen molar-refractivity contribution in [1.29, 1.82) is 0 Å². The lowest BCUT2D eigenvalue weighted by atomic mass is 10.3. The molecule has 20 heavy (non-hydrogen) atoms. The molecule has 0 aliphatic carbocycles. The number of hydrogen-bond acceptors (Lipinski definition) is 4. The summed E-state index contributed by atoms with van der Waals surface area (Å²) in [4.78, 5) is 13.9. The number of ether oxygens (including phenoxy) is 1. The number of nitrogens with zero attached hydrogens (tertiary/aromatic N) is 1. The summed E-state index contributed by atoms with van der Waals surface area (Å²) in [6.07, 6.45) is 7.93. The molecule has 2 rings (SSSR count). The molecule has 0 saturated heterocycles. The molecule has 106 valence electrons. The molecule has 0 aliphatic rings. The monoisotopic (exact) mass is 275 g/mol. The predicted molar refractivity (Wildman–Crippen MR) is 73.7 cm³/mol. The minimum Gasteiger partial charge on any atom is -0.472 e. The molecule has 0 saturated carbocycles. The highest BCUT2D eigenvalue weighted by molar-refractivity contribution is 5.91. The van der Waals surface area contributed by atoms with Gasteiger partial charge in [-0.25, -0.2) is 0 Å². The zero-order valence-corrected chi connectivity index (χ0v) is 11.3. The van der Waals surface area contributed by atoms with Crippen molar-refractivity contribution < 1.29 is 18.4 Å². The van der Waals surface area contributed by atoms with Gasteiger partial charge in [-0.2, -0.15) is 0 Å². The van der Waals surface area contributed by atoms with Crippen LogP contribution in [0.1, 0.15) is 11.3 Å². The van der Waals surface area contributed by atoms with E-state index in [4.69, 9.17) is 13.6 Å². The third kappa shape index (κ3) is 4.13. The summed E-state index contributed by atoms with van der Waals surface area (Å²) in [6, 6.07) is 5.40. The first-order chi connectivity index (χ1) is 9.79. The van der Waals surface area contributed by atoms with Gasteiger partial charge in [0.2, 0.25) is 5.91 Å². The zero-order valence-electron chi connectivity index (χ0n) is 11.3. The highest BCUT2D eigenvalue weighted by Gasteiger charge is 2.11. The molecule has 5 heteroatoms. The molecule has 0 aliphatic heterocycles. The molecule has 0 aromatic carbocycles. The van der Waals surface area contributed by atoms with Crippen LogP contribution in [-0.2, 0) is 16.1 Å². The van der Waals surface area contributed by atoms with Crippen molar-refractivity contribution in [2.24, 2.45) is 0 Å². The van der Waals surface area contributed by atoms with Gasteiger partial charge in [0.25, 0.3) is 0 Å². The Hall–Kier alpha value is -2.27. The SMILES string of the molecule is COCCN(Cc1ccoc1)C(=O)C=Cc1ccco1. The minimum absolute atomic E-state index is 0.0975. The molecular weight excluding hydrogens is 258 g/mol. The van der Waals surface area contributed by atoms with Crippen LogP contribution in [-0.4, -0.2) is 31.1 Å². The first kappa shape index (κ1) is 14.1. The lowest BCUT2D eigenvalue weighted by Crippen LogP contribution is -2.31. The van der Waals surface area contributed by atoms with Gasteiger partial charge < -0.3 is 18.5 Å². The predicted octanol–water partition coefficient (Wildman–Crippen LogP) is 2.56. The lowest BCUT2D eigenvalue weighted by Gasteiger charge is -2.19. The lowest BCUT2D eigenvalue weighted by molar-refractivity contribution is -0.127. The molecule has 0 spiro atoms. The molecule has 0 atom stereocenters. The van der Waals surface area contributed by atoms with E-state index < -0.39 is 0 Å². The maximum absolute atomic E-state index is 12.2. The molecule has 0 N–H and O–H groups in total. The van der Waals surface area contributed by atoms with E-state index in [0.717, 1.165) is 5.56 Å². The van der Waals surface area contributed by atoms with Crippen molar-refractivity contribution in [3.8, 4) is 0 Å². The van der Waals surface area contributed by atoms with Crippen molar-refractivity contribution >= 4 is 12.0 Å². The molecule has 0 radical (unpaired) electrons. The zero-order chi connectivity index (χ0) is 14.2. The van der Waals surface area contributed by atoms with Crippen LogP contribution in [0.3, 0.4) is 0 Å². The molecule has 0 unspecified atom stereocenters. The molecule has 0 fully saturated rings. The van der Waals surface area contributed by atoms with E-state index in [9.17, 15) is 4.79 Å². The Kier molecular flexibility index (Phi) is 5.20.